The number of nitrogens with one attached hydrogen (secondary N) is 2. The van der Waals surface area contributed by atoms with Gasteiger partial charge in [0.2, 0.25) is 5.95 Å². The number of halogens is 1. The third kappa shape index (κ3) is 4.18. The minimum absolute atomic E-state index is 0.210. The topological polar surface area (TPSA) is 76.1 Å². The van der Waals surface area contributed by atoms with Gasteiger partial charge in [0.15, 0.2) is 0 Å². The Morgan fingerprint density at radius 2 is 2.09 bits per heavy atom. The molecule has 120 valence electrons. The summed E-state index contributed by atoms with van der Waals surface area (Å²) in [5.74, 6) is 0.179. The second-order valence-corrected chi connectivity index (χ2v) is 5.65. The maximum absolute atomic E-state index is 12.2. The van der Waals surface area contributed by atoms with E-state index in [1.807, 2.05) is 0 Å². The van der Waals surface area contributed by atoms with Crippen LogP contribution >= 0.6 is 11.6 Å². The molecular formula is C16H17ClN4O2. The molecule has 1 saturated heterocycles. The standard InChI is InChI=1S/C16H17ClN4O2/c17-13-5-1-2-6-14(13)21-15(22)11-8-18-16(19-9-11)20-10-12-4-3-7-23-12/h1-2,5-6,8-9,12H,3-4,7,10H2,(H,21,22)(H,18,19,20). The number of nitrogens with zero attached hydrogens (tertiary/aromatic N) is 2. The van der Waals surface area contributed by atoms with Crippen LogP contribution in [0.3, 0.4) is 0 Å². The minimum atomic E-state index is -0.302. The van der Waals surface area contributed by atoms with E-state index in [-0.39, 0.29) is 12.0 Å². The van der Waals surface area contributed by atoms with Gasteiger partial charge < -0.3 is 15.4 Å². The number of ether oxygens (including phenoxy) is 1. The van der Waals surface area contributed by atoms with Crippen LogP contribution < -0.4 is 10.6 Å². The maximum Gasteiger partial charge on any atom is 0.258 e. The molecule has 2 aromatic rings. The first-order valence-corrected chi connectivity index (χ1v) is 7.83. The number of carbonyl (C=O) groups excluding carboxylic acids is 1. The Labute approximate surface area is 139 Å². The fourth-order valence-electron chi connectivity index (χ4n) is 2.30. The molecular weight excluding hydrogens is 316 g/mol. The molecule has 3 rings (SSSR count). The fraction of sp³-hybridized carbons (Fsp3) is 0.312. The average molecular weight is 333 g/mol. The van der Waals surface area contributed by atoms with Gasteiger partial charge >= 0.3 is 0 Å². The zero-order chi connectivity index (χ0) is 16.1. The molecule has 0 bridgehead atoms. The highest BCUT2D eigenvalue weighted by Gasteiger charge is 2.15. The Balaban J connectivity index is 1.57. The van der Waals surface area contributed by atoms with Crippen LogP contribution in [0.1, 0.15) is 23.2 Å². The van der Waals surface area contributed by atoms with Gasteiger partial charge in [0, 0.05) is 25.5 Å². The quantitative estimate of drug-likeness (QED) is 0.880. The van der Waals surface area contributed by atoms with Crippen LogP contribution in [-0.2, 0) is 4.74 Å². The van der Waals surface area contributed by atoms with Crippen LogP contribution in [0.5, 0.6) is 0 Å². The van der Waals surface area contributed by atoms with E-state index in [9.17, 15) is 4.79 Å². The molecule has 0 saturated carbocycles. The molecule has 1 aromatic carbocycles. The van der Waals surface area contributed by atoms with Gasteiger partial charge in [0.1, 0.15) is 0 Å². The monoisotopic (exact) mass is 332 g/mol. The Kier molecular flexibility index (Phi) is 5.05. The summed E-state index contributed by atoms with van der Waals surface area (Å²) in [5.41, 5.74) is 0.923. The number of carbonyl (C=O) groups is 1. The van der Waals surface area contributed by atoms with E-state index in [1.165, 1.54) is 12.4 Å². The van der Waals surface area contributed by atoms with Crippen molar-refractivity contribution in [1.29, 1.82) is 0 Å². The van der Waals surface area contributed by atoms with E-state index in [0.29, 0.717) is 28.8 Å². The predicted molar refractivity (Wildman–Crippen MR) is 88.9 cm³/mol. The molecule has 23 heavy (non-hydrogen) atoms. The summed E-state index contributed by atoms with van der Waals surface area (Å²) in [7, 11) is 0. The van der Waals surface area contributed by atoms with Gasteiger partial charge in [-0.15, -0.1) is 0 Å². The Morgan fingerprint density at radius 3 is 2.78 bits per heavy atom. The normalized spacial score (nSPS) is 17.0. The molecule has 1 unspecified atom stereocenters. The second-order valence-electron chi connectivity index (χ2n) is 5.25. The van der Waals surface area contributed by atoms with Gasteiger partial charge in [-0.3, -0.25) is 4.79 Å². The number of benzene rings is 1. The van der Waals surface area contributed by atoms with Crippen LogP contribution in [0, 0.1) is 0 Å². The van der Waals surface area contributed by atoms with Crippen LogP contribution in [0.25, 0.3) is 0 Å². The van der Waals surface area contributed by atoms with Crippen molar-refractivity contribution in [3.63, 3.8) is 0 Å². The summed E-state index contributed by atoms with van der Waals surface area (Å²) in [6.45, 7) is 1.49. The Morgan fingerprint density at radius 1 is 1.30 bits per heavy atom. The molecule has 1 fully saturated rings. The summed E-state index contributed by atoms with van der Waals surface area (Å²) in [6, 6.07) is 7.05. The van der Waals surface area contributed by atoms with Crippen LogP contribution in [0.4, 0.5) is 11.6 Å². The van der Waals surface area contributed by atoms with E-state index in [1.54, 1.807) is 24.3 Å². The van der Waals surface area contributed by atoms with E-state index < -0.39 is 0 Å². The van der Waals surface area contributed by atoms with E-state index in [2.05, 4.69) is 20.6 Å². The number of anilines is 2. The van der Waals surface area contributed by atoms with E-state index in [4.69, 9.17) is 16.3 Å². The van der Waals surface area contributed by atoms with Crippen molar-refractivity contribution < 1.29 is 9.53 Å². The number of aromatic nitrogens is 2. The van der Waals surface area contributed by atoms with Crippen LogP contribution in [-0.4, -0.2) is 35.1 Å². The number of hydrogen-bond donors (Lipinski definition) is 2. The lowest BCUT2D eigenvalue weighted by molar-refractivity contribution is 0.102. The lowest BCUT2D eigenvalue weighted by atomic mass is 10.2. The first-order chi connectivity index (χ1) is 11.2. The van der Waals surface area contributed by atoms with Crippen molar-refractivity contribution in [3.8, 4) is 0 Å². The molecule has 0 radical (unpaired) electrons. The second kappa shape index (κ2) is 7.39. The molecule has 2 N–H and O–H groups in total. The number of hydrogen-bond acceptors (Lipinski definition) is 5. The average Bonchev–Trinajstić information content (AvgIpc) is 3.09. The number of rotatable bonds is 5. The van der Waals surface area contributed by atoms with Crippen molar-refractivity contribution in [2.45, 2.75) is 18.9 Å². The molecule has 1 atom stereocenters. The van der Waals surface area contributed by atoms with E-state index >= 15 is 0 Å². The van der Waals surface area contributed by atoms with Crippen LogP contribution in [0.2, 0.25) is 5.02 Å². The minimum Gasteiger partial charge on any atom is -0.376 e. The van der Waals surface area contributed by atoms with Crippen molar-refractivity contribution in [3.05, 3.63) is 47.2 Å². The number of amides is 1. The van der Waals surface area contributed by atoms with Gasteiger partial charge in [-0.2, -0.15) is 0 Å². The lowest BCUT2D eigenvalue weighted by Crippen LogP contribution is -2.20. The predicted octanol–water partition coefficient (Wildman–Crippen LogP) is 2.97. The molecule has 1 aliphatic heterocycles. The first-order valence-electron chi connectivity index (χ1n) is 7.46. The molecule has 6 nitrogen and oxygen atoms in total. The van der Waals surface area contributed by atoms with Crippen molar-refractivity contribution in [2.24, 2.45) is 0 Å². The molecule has 0 spiro atoms. The highest BCUT2D eigenvalue weighted by molar-refractivity contribution is 6.33. The molecule has 1 aromatic heterocycles. The van der Waals surface area contributed by atoms with Crippen molar-refractivity contribution in [2.75, 3.05) is 23.8 Å². The van der Waals surface area contributed by atoms with Crippen molar-refractivity contribution >= 4 is 29.1 Å². The third-order valence-corrected chi connectivity index (χ3v) is 3.88. The zero-order valence-electron chi connectivity index (χ0n) is 12.5. The first kappa shape index (κ1) is 15.7. The highest BCUT2D eigenvalue weighted by atomic mass is 35.5. The van der Waals surface area contributed by atoms with Gasteiger partial charge in [-0.25, -0.2) is 9.97 Å². The molecule has 1 aliphatic rings. The summed E-state index contributed by atoms with van der Waals surface area (Å²) < 4.78 is 5.52. The summed E-state index contributed by atoms with van der Waals surface area (Å²) in [4.78, 5) is 20.5. The summed E-state index contributed by atoms with van der Waals surface area (Å²) >= 11 is 6.02. The molecule has 0 aliphatic carbocycles. The Bertz CT molecular complexity index is 672. The van der Waals surface area contributed by atoms with Gasteiger partial charge in [-0.1, -0.05) is 23.7 Å². The van der Waals surface area contributed by atoms with Gasteiger partial charge in [0.05, 0.1) is 22.4 Å². The van der Waals surface area contributed by atoms with Gasteiger partial charge in [0.25, 0.3) is 5.91 Å². The lowest BCUT2D eigenvalue weighted by Gasteiger charge is -2.11. The number of para-hydroxylation sites is 1. The molecule has 1 amide bonds. The van der Waals surface area contributed by atoms with Crippen molar-refractivity contribution in [1.82, 2.24) is 9.97 Å². The molecule has 2 heterocycles. The van der Waals surface area contributed by atoms with E-state index in [0.717, 1.165) is 19.4 Å². The third-order valence-electron chi connectivity index (χ3n) is 3.55. The highest BCUT2D eigenvalue weighted by Crippen LogP contribution is 2.21. The fourth-order valence-corrected chi connectivity index (χ4v) is 2.49. The SMILES string of the molecule is O=C(Nc1ccccc1Cl)c1cnc(NCC2CCCO2)nc1. The Hall–Kier alpha value is -2.18. The summed E-state index contributed by atoms with van der Waals surface area (Å²) in [5, 5.41) is 6.33. The molecule has 7 heteroatoms. The zero-order valence-corrected chi connectivity index (χ0v) is 13.2. The van der Waals surface area contributed by atoms with Crippen LogP contribution in [0.15, 0.2) is 36.7 Å². The van der Waals surface area contributed by atoms with Gasteiger partial charge in [-0.05, 0) is 25.0 Å². The smallest absolute Gasteiger partial charge is 0.258 e. The summed E-state index contributed by atoms with van der Waals surface area (Å²) in [6.07, 6.45) is 5.31. The largest absolute Gasteiger partial charge is 0.376 e. The maximum atomic E-state index is 12.2.